The summed E-state index contributed by atoms with van der Waals surface area (Å²) >= 11 is 0. The molecule has 2 fully saturated rings. The van der Waals surface area contributed by atoms with E-state index in [1.54, 1.807) is 15.5 Å². The lowest BCUT2D eigenvalue weighted by Gasteiger charge is -2.33. The Hall–Kier alpha value is -2.03. The predicted molar refractivity (Wildman–Crippen MR) is 90.6 cm³/mol. The molecule has 0 radical (unpaired) electrons. The largest absolute Gasteiger partial charge is 0.390 e. The number of fused-ring (bicyclic) bond motifs is 1. The number of aliphatic hydroxyl groups excluding tert-OH is 1. The summed E-state index contributed by atoms with van der Waals surface area (Å²) in [6.45, 7) is 7.64. The minimum absolute atomic E-state index is 0.0352. The molecule has 0 unspecified atom stereocenters. The van der Waals surface area contributed by atoms with Crippen molar-refractivity contribution in [3.63, 3.8) is 0 Å². The van der Waals surface area contributed by atoms with E-state index in [4.69, 9.17) is 4.74 Å². The lowest BCUT2D eigenvalue weighted by Crippen LogP contribution is -2.49. The fourth-order valence-corrected chi connectivity index (χ4v) is 3.76. The molecule has 2 aliphatic rings. The highest BCUT2D eigenvalue weighted by Crippen LogP contribution is 2.20. The smallest absolute Gasteiger partial charge is 0.274 e. The van der Waals surface area contributed by atoms with Crippen molar-refractivity contribution in [3.8, 4) is 0 Å². The summed E-state index contributed by atoms with van der Waals surface area (Å²) in [7, 11) is 0. The second kappa shape index (κ2) is 6.36. The summed E-state index contributed by atoms with van der Waals surface area (Å²) in [4.78, 5) is 21.2. The Morgan fingerprint density at radius 1 is 1.24 bits per heavy atom. The van der Waals surface area contributed by atoms with Crippen LogP contribution >= 0.6 is 0 Å². The van der Waals surface area contributed by atoms with E-state index in [1.165, 1.54) is 0 Å². The third-order valence-corrected chi connectivity index (χ3v) is 5.01. The molecule has 0 aromatic carbocycles. The molecule has 0 spiro atoms. The molecular weight excluding hydrogens is 322 g/mol. The van der Waals surface area contributed by atoms with E-state index >= 15 is 0 Å². The molecule has 2 aliphatic heterocycles. The average molecular weight is 345 g/mol. The van der Waals surface area contributed by atoms with Gasteiger partial charge in [0.2, 0.25) is 0 Å². The van der Waals surface area contributed by atoms with E-state index in [1.807, 2.05) is 19.9 Å². The molecule has 25 heavy (non-hydrogen) atoms. The van der Waals surface area contributed by atoms with Crippen LogP contribution in [0.1, 0.15) is 21.9 Å². The maximum absolute atomic E-state index is 12.9. The maximum Gasteiger partial charge on any atom is 0.274 e. The van der Waals surface area contributed by atoms with Gasteiger partial charge in [-0.05, 0) is 19.9 Å². The van der Waals surface area contributed by atoms with Gasteiger partial charge < -0.3 is 14.7 Å². The molecule has 4 rings (SSSR count). The first-order valence-corrected chi connectivity index (χ1v) is 8.66. The molecule has 2 aromatic heterocycles. The summed E-state index contributed by atoms with van der Waals surface area (Å²) in [5.41, 5.74) is 2.88. The first kappa shape index (κ1) is 16.4. The van der Waals surface area contributed by atoms with Crippen LogP contribution in [0.4, 0.5) is 0 Å². The van der Waals surface area contributed by atoms with Crippen molar-refractivity contribution in [2.24, 2.45) is 0 Å². The number of morpholine rings is 1. The van der Waals surface area contributed by atoms with E-state index in [0.29, 0.717) is 37.6 Å². The molecular formula is C17H23N5O3. The number of aliphatic hydroxyl groups is 1. The van der Waals surface area contributed by atoms with Crippen LogP contribution in [-0.2, 0) is 4.74 Å². The molecule has 0 bridgehead atoms. The number of carbonyl (C=O) groups is 1. The zero-order valence-electron chi connectivity index (χ0n) is 14.6. The summed E-state index contributed by atoms with van der Waals surface area (Å²) in [5, 5.41) is 14.8. The van der Waals surface area contributed by atoms with Crippen molar-refractivity contribution < 1.29 is 14.6 Å². The number of carbonyl (C=O) groups excluding carboxylic acids is 1. The van der Waals surface area contributed by atoms with E-state index < -0.39 is 6.10 Å². The summed E-state index contributed by atoms with van der Waals surface area (Å²) < 4.78 is 7.06. The normalized spacial score (nSPS) is 25.0. The van der Waals surface area contributed by atoms with Crippen LogP contribution in [-0.4, -0.2) is 87.0 Å². The Balaban J connectivity index is 1.54. The number of nitrogens with zero attached hydrogens (tertiary/aromatic N) is 5. The number of aromatic nitrogens is 3. The standard InChI is InChI=1S/C17H23N5O3/c1-11-7-12(2)22-16(18-11)8-13(19-22)17(24)21-9-14(15(23)10-21)20-3-5-25-6-4-20/h7-8,14-15,23H,3-6,9-10H2,1-2H3/t14-,15-/m1/s1. The average Bonchev–Trinajstić information content (AvgIpc) is 3.19. The first-order valence-electron chi connectivity index (χ1n) is 8.66. The predicted octanol–water partition coefficient (Wildman–Crippen LogP) is -0.136. The molecule has 0 saturated carbocycles. The summed E-state index contributed by atoms with van der Waals surface area (Å²) in [5.74, 6) is -0.155. The Labute approximate surface area is 146 Å². The molecule has 0 aliphatic carbocycles. The van der Waals surface area contributed by atoms with Gasteiger partial charge >= 0.3 is 0 Å². The lowest BCUT2D eigenvalue weighted by atomic mass is 10.1. The van der Waals surface area contributed by atoms with Gasteiger partial charge in [0, 0.05) is 43.6 Å². The van der Waals surface area contributed by atoms with Crippen LogP contribution in [0, 0.1) is 13.8 Å². The zero-order chi connectivity index (χ0) is 17.6. The Morgan fingerprint density at radius 2 is 2.00 bits per heavy atom. The third kappa shape index (κ3) is 3.01. The maximum atomic E-state index is 12.9. The number of ether oxygens (including phenoxy) is 1. The molecule has 4 heterocycles. The van der Waals surface area contributed by atoms with Crippen molar-refractivity contribution >= 4 is 11.6 Å². The van der Waals surface area contributed by atoms with Crippen LogP contribution in [0.5, 0.6) is 0 Å². The SMILES string of the molecule is Cc1cc(C)n2nc(C(=O)N3C[C@@H](O)[C@H](N4CCOCC4)C3)cc2n1. The van der Waals surface area contributed by atoms with E-state index in [-0.39, 0.29) is 11.9 Å². The van der Waals surface area contributed by atoms with Gasteiger partial charge in [-0.1, -0.05) is 0 Å². The van der Waals surface area contributed by atoms with Crippen LogP contribution in [0.25, 0.3) is 5.65 Å². The summed E-state index contributed by atoms with van der Waals surface area (Å²) in [6, 6.07) is 3.62. The van der Waals surface area contributed by atoms with Crippen molar-refractivity contribution in [2.75, 3.05) is 39.4 Å². The molecule has 1 amide bonds. The second-order valence-corrected chi connectivity index (χ2v) is 6.83. The molecule has 2 saturated heterocycles. The highest BCUT2D eigenvalue weighted by molar-refractivity contribution is 5.93. The van der Waals surface area contributed by atoms with Crippen molar-refractivity contribution in [3.05, 3.63) is 29.2 Å². The van der Waals surface area contributed by atoms with Crippen LogP contribution in [0.2, 0.25) is 0 Å². The van der Waals surface area contributed by atoms with Gasteiger partial charge in [0.1, 0.15) is 0 Å². The number of amides is 1. The monoisotopic (exact) mass is 345 g/mol. The lowest BCUT2D eigenvalue weighted by molar-refractivity contribution is -0.00611. The molecule has 134 valence electrons. The van der Waals surface area contributed by atoms with Gasteiger partial charge in [-0.15, -0.1) is 0 Å². The van der Waals surface area contributed by atoms with Crippen LogP contribution in [0.15, 0.2) is 12.1 Å². The fraction of sp³-hybridized carbons (Fsp3) is 0.588. The Bertz CT molecular complexity index is 799. The van der Waals surface area contributed by atoms with Crippen molar-refractivity contribution in [1.29, 1.82) is 0 Å². The molecule has 2 aromatic rings. The minimum Gasteiger partial charge on any atom is -0.390 e. The minimum atomic E-state index is -0.541. The van der Waals surface area contributed by atoms with Crippen LogP contribution < -0.4 is 0 Å². The molecule has 1 N–H and O–H groups in total. The van der Waals surface area contributed by atoms with E-state index in [2.05, 4.69) is 15.0 Å². The number of β-amino-alcohol motifs (C(OH)–C–C–N with tert-alkyl or cyclic N) is 1. The van der Waals surface area contributed by atoms with Gasteiger partial charge in [0.25, 0.3) is 5.91 Å². The second-order valence-electron chi connectivity index (χ2n) is 6.83. The quantitative estimate of drug-likeness (QED) is 0.816. The van der Waals surface area contributed by atoms with Gasteiger partial charge in [-0.2, -0.15) is 5.10 Å². The zero-order valence-corrected chi connectivity index (χ0v) is 14.6. The third-order valence-electron chi connectivity index (χ3n) is 5.01. The number of aryl methyl sites for hydroxylation is 2. The number of hydrogen-bond donors (Lipinski definition) is 1. The Morgan fingerprint density at radius 3 is 2.76 bits per heavy atom. The molecule has 8 nitrogen and oxygen atoms in total. The number of hydrogen-bond acceptors (Lipinski definition) is 6. The first-order chi connectivity index (χ1) is 12.0. The molecule has 8 heteroatoms. The highest BCUT2D eigenvalue weighted by atomic mass is 16.5. The van der Waals surface area contributed by atoms with E-state index in [0.717, 1.165) is 24.5 Å². The topological polar surface area (TPSA) is 83.2 Å². The number of likely N-dealkylation sites (tertiary alicyclic amines) is 1. The fourth-order valence-electron chi connectivity index (χ4n) is 3.76. The van der Waals surface area contributed by atoms with Gasteiger partial charge in [-0.3, -0.25) is 9.69 Å². The van der Waals surface area contributed by atoms with Gasteiger partial charge in [0.05, 0.1) is 25.4 Å². The molecule has 2 atom stereocenters. The Kier molecular flexibility index (Phi) is 4.18. The highest BCUT2D eigenvalue weighted by Gasteiger charge is 2.38. The van der Waals surface area contributed by atoms with Crippen molar-refractivity contribution in [1.82, 2.24) is 24.4 Å². The number of rotatable bonds is 2. The van der Waals surface area contributed by atoms with Crippen molar-refractivity contribution in [2.45, 2.75) is 26.0 Å². The van der Waals surface area contributed by atoms with Gasteiger partial charge in [-0.25, -0.2) is 9.50 Å². The van der Waals surface area contributed by atoms with Gasteiger partial charge in [0.15, 0.2) is 11.3 Å². The summed E-state index contributed by atoms with van der Waals surface area (Å²) in [6.07, 6.45) is -0.541. The van der Waals surface area contributed by atoms with E-state index in [9.17, 15) is 9.90 Å². The van der Waals surface area contributed by atoms with Crippen LogP contribution in [0.3, 0.4) is 0 Å².